The summed E-state index contributed by atoms with van der Waals surface area (Å²) >= 11 is 3.25. The molecule has 0 aliphatic rings. The van der Waals surface area contributed by atoms with E-state index in [-0.39, 0.29) is 12.1 Å². The van der Waals surface area contributed by atoms with E-state index in [0.29, 0.717) is 5.56 Å². The summed E-state index contributed by atoms with van der Waals surface area (Å²) in [6.45, 7) is 0. The first-order valence-corrected chi connectivity index (χ1v) is 20.1. The fraction of sp³-hybridized carbons (Fsp3) is 0.0638. The molecule has 308 valence electrons. The van der Waals surface area contributed by atoms with Crippen LogP contribution in [0.3, 0.4) is 0 Å². The van der Waals surface area contributed by atoms with Gasteiger partial charge in [-0.3, -0.25) is 24.9 Å². The highest BCUT2D eigenvalue weighted by atomic mass is 79.9. The number of hydrogen-bond acceptors (Lipinski definition) is 14. The van der Waals surface area contributed by atoms with Gasteiger partial charge in [0.15, 0.2) is 0 Å². The third-order valence-electron chi connectivity index (χ3n) is 9.31. The first-order valence-electron chi connectivity index (χ1n) is 19.3. The van der Waals surface area contributed by atoms with Gasteiger partial charge in [0.1, 0.15) is 25.1 Å². The van der Waals surface area contributed by atoms with Crippen LogP contribution in [0.2, 0.25) is 0 Å². The second-order valence-electron chi connectivity index (χ2n) is 13.5. The molecule has 0 aliphatic carbocycles. The van der Waals surface area contributed by atoms with Crippen LogP contribution in [0.4, 0.5) is 5.69 Å². The Balaban J connectivity index is 0.000000166. The zero-order valence-electron chi connectivity index (χ0n) is 33.7. The molecule has 16 heteroatoms. The fourth-order valence-electron chi connectivity index (χ4n) is 6.26. The highest BCUT2D eigenvalue weighted by molar-refractivity contribution is 9.10. The molecule has 0 amide bonds. The van der Waals surface area contributed by atoms with Gasteiger partial charge in [-0.25, -0.2) is 29.9 Å². The maximum Gasteiger partial charge on any atom is 0.115 e. The summed E-state index contributed by atoms with van der Waals surface area (Å²) in [6.07, 6.45) is 30.5. The Kier molecular flexibility index (Phi) is 14.9. The van der Waals surface area contributed by atoms with Gasteiger partial charge in [0.2, 0.25) is 0 Å². The number of aromatic nitrogens is 12. The number of pyridine rings is 3. The number of hydrogen-bond donors (Lipinski definition) is 2. The highest BCUT2D eigenvalue weighted by Crippen LogP contribution is 2.34. The van der Waals surface area contributed by atoms with Crippen LogP contribution in [0.1, 0.15) is 39.9 Å². The molecule has 0 bridgehead atoms. The Hall–Kier alpha value is -8.26. The minimum atomic E-state index is -0.204. The lowest BCUT2D eigenvalue weighted by Crippen LogP contribution is -2.13. The second kappa shape index (κ2) is 21.8. The van der Waals surface area contributed by atoms with E-state index in [9.17, 15) is 0 Å². The fourth-order valence-corrected chi connectivity index (χ4v) is 6.53. The van der Waals surface area contributed by atoms with Crippen LogP contribution in [0.15, 0.2) is 189 Å². The molecule has 2 aromatic carbocycles. The van der Waals surface area contributed by atoms with Gasteiger partial charge >= 0.3 is 0 Å². The Bertz CT molecular complexity index is 2900. The Labute approximate surface area is 371 Å². The van der Waals surface area contributed by atoms with E-state index in [4.69, 9.17) is 11.0 Å². The SMILES string of the molecule is Brc1cccnc1.Cn1ccc2ccc(-c3cc(NC(c4cccnc4)c4cncnc4)cc4nccnc34)cc21.N#Cc1cncnc1.NC(c1cccnc1)c1cncnc1. The molecule has 8 heterocycles. The molecule has 2 unspecified atom stereocenters. The van der Waals surface area contributed by atoms with Crippen LogP contribution in [0.5, 0.6) is 0 Å². The van der Waals surface area contributed by atoms with Gasteiger partial charge in [0, 0.05) is 132 Å². The van der Waals surface area contributed by atoms with E-state index < -0.39 is 0 Å². The van der Waals surface area contributed by atoms with Gasteiger partial charge in [0.05, 0.1) is 28.7 Å². The lowest BCUT2D eigenvalue weighted by molar-refractivity contribution is 0.844. The highest BCUT2D eigenvalue weighted by Gasteiger charge is 2.18. The Morgan fingerprint density at radius 3 is 1.81 bits per heavy atom. The molecule has 8 aromatic heterocycles. The van der Waals surface area contributed by atoms with Crippen LogP contribution in [-0.4, -0.2) is 59.4 Å². The first kappa shape index (κ1) is 42.8. The number of nitrogens with zero attached hydrogens (tertiary/aromatic N) is 13. The monoisotopic (exact) mass is 891 g/mol. The van der Waals surface area contributed by atoms with Crippen molar-refractivity contribution < 1.29 is 0 Å². The summed E-state index contributed by atoms with van der Waals surface area (Å²) in [5.41, 5.74) is 16.2. The molecule has 15 nitrogen and oxygen atoms in total. The van der Waals surface area contributed by atoms with Crippen molar-refractivity contribution in [1.82, 2.24) is 59.4 Å². The lowest BCUT2D eigenvalue weighted by Gasteiger charge is -2.21. The maximum atomic E-state index is 8.21. The van der Waals surface area contributed by atoms with E-state index >= 15 is 0 Å². The van der Waals surface area contributed by atoms with Gasteiger partial charge in [-0.2, -0.15) is 5.26 Å². The molecule has 0 saturated carbocycles. The summed E-state index contributed by atoms with van der Waals surface area (Å²) < 4.78 is 3.15. The van der Waals surface area contributed by atoms with Gasteiger partial charge in [-0.1, -0.05) is 24.3 Å². The topological polar surface area (TPSA) is 209 Å². The lowest BCUT2D eigenvalue weighted by atomic mass is 9.99. The van der Waals surface area contributed by atoms with Gasteiger partial charge in [0.25, 0.3) is 0 Å². The number of nitrogens with one attached hydrogen (secondary N) is 1. The maximum absolute atomic E-state index is 8.21. The molecule has 0 aliphatic heterocycles. The zero-order valence-corrected chi connectivity index (χ0v) is 35.3. The zero-order chi connectivity index (χ0) is 43.6. The van der Waals surface area contributed by atoms with Crippen LogP contribution in [0.25, 0.3) is 33.1 Å². The van der Waals surface area contributed by atoms with Crippen molar-refractivity contribution in [3.63, 3.8) is 0 Å². The normalized spacial score (nSPS) is 11.3. The standard InChI is InChI=1S/C27H21N7.C10H10N4.C5H4BrN.C5H3N3/c1-34-10-6-18-4-5-19(11-25(18)34)23-12-22(13-24-27(23)32-9-8-31-24)33-26(20-3-2-7-28-14-20)21-15-29-17-30-16-21;11-10(8-2-1-3-12-4-8)9-5-13-7-14-6-9;6-5-2-1-3-7-4-5;6-1-5-2-7-4-8-3-5/h2-17,26,33H,1H3;1-7,10H,11H2;1-4H;2-4H. The van der Waals surface area contributed by atoms with Crippen molar-refractivity contribution >= 4 is 43.6 Å². The Morgan fingerprint density at radius 2 is 1.22 bits per heavy atom. The molecule has 0 radical (unpaired) electrons. The summed E-state index contributed by atoms with van der Waals surface area (Å²) in [7, 11) is 2.06. The van der Waals surface area contributed by atoms with Crippen molar-refractivity contribution in [3.05, 3.63) is 217 Å². The number of fused-ring (bicyclic) bond motifs is 2. The molecule has 0 fully saturated rings. The quantitative estimate of drug-likeness (QED) is 0.154. The van der Waals surface area contributed by atoms with Crippen molar-refractivity contribution in [3.8, 4) is 17.2 Å². The molecule has 0 saturated heterocycles. The van der Waals surface area contributed by atoms with Crippen molar-refractivity contribution in [2.24, 2.45) is 12.8 Å². The molecule has 63 heavy (non-hydrogen) atoms. The van der Waals surface area contributed by atoms with Crippen LogP contribution in [0, 0.1) is 11.3 Å². The molecule has 10 aromatic rings. The smallest absolute Gasteiger partial charge is 0.115 e. The third kappa shape index (κ3) is 11.7. The summed E-state index contributed by atoms with van der Waals surface area (Å²) in [5.74, 6) is 0. The number of rotatable bonds is 7. The van der Waals surface area contributed by atoms with Crippen molar-refractivity contribution in [1.29, 1.82) is 5.26 Å². The van der Waals surface area contributed by atoms with E-state index in [1.807, 2.05) is 67.1 Å². The van der Waals surface area contributed by atoms with E-state index in [1.165, 1.54) is 42.3 Å². The van der Waals surface area contributed by atoms with Crippen LogP contribution < -0.4 is 11.1 Å². The second-order valence-corrected chi connectivity index (χ2v) is 14.4. The summed E-state index contributed by atoms with van der Waals surface area (Å²) in [4.78, 5) is 45.0. The number of benzene rings is 2. The molecule has 2 atom stereocenters. The summed E-state index contributed by atoms with van der Waals surface area (Å²) in [5, 5.41) is 13.1. The molecular formula is C47H38BrN15. The number of anilines is 1. The minimum Gasteiger partial charge on any atom is -0.374 e. The largest absolute Gasteiger partial charge is 0.374 e. The van der Waals surface area contributed by atoms with E-state index in [0.717, 1.165) is 54.6 Å². The predicted octanol–water partition coefficient (Wildman–Crippen LogP) is 8.29. The van der Waals surface area contributed by atoms with E-state index in [2.05, 4.69) is 124 Å². The molecule has 0 spiro atoms. The third-order valence-corrected chi connectivity index (χ3v) is 9.78. The van der Waals surface area contributed by atoms with Crippen molar-refractivity contribution in [2.45, 2.75) is 12.1 Å². The molecular weight excluding hydrogens is 855 g/mol. The number of nitrogens with two attached hydrogens (primary N) is 1. The number of nitriles is 1. The van der Waals surface area contributed by atoms with Crippen molar-refractivity contribution in [2.75, 3.05) is 5.32 Å². The minimum absolute atomic E-state index is 0.174. The molecule has 3 N–H and O–H groups in total. The van der Waals surface area contributed by atoms with Gasteiger partial charge < -0.3 is 15.6 Å². The van der Waals surface area contributed by atoms with Crippen LogP contribution >= 0.6 is 15.9 Å². The number of halogens is 1. The van der Waals surface area contributed by atoms with Crippen LogP contribution in [-0.2, 0) is 7.05 Å². The van der Waals surface area contributed by atoms with Gasteiger partial charge in [-0.05, 0) is 86.5 Å². The summed E-state index contributed by atoms with van der Waals surface area (Å²) in [6, 6.07) is 25.9. The Morgan fingerprint density at radius 1 is 0.619 bits per heavy atom. The average molecular weight is 893 g/mol. The first-order chi connectivity index (χ1) is 31.0. The average Bonchev–Trinajstić information content (AvgIpc) is 3.74. The van der Waals surface area contributed by atoms with E-state index in [1.54, 1.807) is 55.8 Å². The number of aryl methyl sites for hydroxylation is 1. The molecule has 10 rings (SSSR count). The predicted molar refractivity (Wildman–Crippen MR) is 244 cm³/mol. The van der Waals surface area contributed by atoms with Gasteiger partial charge in [-0.15, -0.1) is 0 Å².